The number of fused-ring (bicyclic) bond motifs is 1. The van der Waals surface area contributed by atoms with Crippen molar-refractivity contribution in [3.8, 4) is 5.75 Å². The number of nitrogens with zero attached hydrogens (tertiary/aromatic N) is 1. The van der Waals surface area contributed by atoms with Gasteiger partial charge in [0.15, 0.2) is 0 Å². The number of rotatable bonds is 6. The molecule has 4 rings (SSSR count). The van der Waals surface area contributed by atoms with Gasteiger partial charge in [-0.25, -0.2) is 4.79 Å². The van der Waals surface area contributed by atoms with Crippen LogP contribution in [0.4, 0.5) is 0 Å². The summed E-state index contributed by atoms with van der Waals surface area (Å²) in [6.07, 6.45) is 2.09. The largest absolute Gasteiger partial charge is 0.492 e. The van der Waals surface area contributed by atoms with Crippen LogP contribution in [0.25, 0.3) is 10.9 Å². The highest BCUT2D eigenvalue weighted by atomic mass is 16.7. The van der Waals surface area contributed by atoms with Gasteiger partial charge in [0.2, 0.25) is 0 Å². The second kappa shape index (κ2) is 8.27. The van der Waals surface area contributed by atoms with E-state index < -0.39 is 11.8 Å². The number of hydrogen-bond acceptors (Lipinski definition) is 5. The molecule has 0 unspecified atom stereocenters. The van der Waals surface area contributed by atoms with Crippen molar-refractivity contribution in [3.05, 3.63) is 66.4 Å². The molecule has 152 valence electrons. The van der Waals surface area contributed by atoms with Gasteiger partial charge in [0, 0.05) is 24.6 Å². The molecule has 1 fully saturated rings. The van der Waals surface area contributed by atoms with Crippen molar-refractivity contribution in [1.29, 1.82) is 0 Å². The molecule has 1 aliphatic heterocycles. The molecule has 1 saturated heterocycles. The number of ether oxygens (including phenoxy) is 4. The summed E-state index contributed by atoms with van der Waals surface area (Å²) in [5.74, 6) is -0.956. The van der Waals surface area contributed by atoms with Gasteiger partial charge < -0.3 is 23.5 Å². The summed E-state index contributed by atoms with van der Waals surface area (Å²) < 4.78 is 24.1. The lowest BCUT2D eigenvalue weighted by Crippen LogP contribution is -2.47. The van der Waals surface area contributed by atoms with Crippen LogP contribution >= 0.6 is 0 Å². The van der Waals surface area contributed by atoms with Gasteiger partial charge in [-0.05, 0) is 35.2 Å². The van der Waals surface area contributed by atoms with E-state index in [0.29, 0.717) is 19.8 Å². The summed E-state index contributed by atoms with van der Waals surface area (Å²) in [4.78, 5) is 11.7. The van der Waals surface area contributed by atoms with Crippen LogP contribution < -0.4 is 4.74 Å². The molecule has 2 aromatic carbocycles. The average Bonchev–Trinajstić information content (AvgIpc) is 3.17. The topological polar surface area (TPSA) is 58.9 Å². The van der Waals surface area contributed by atoms with E-state index in [1.54, 1.807) is 6.92 Å². The lowest BCUT2D eigenvalue weighted by atomic mass is 9.99. The smallest absolute Gasteiger partial charge is 0.366 e. The zero-order chi connectivity index (χ0) is 20.3. The number of carbonyl (C=O) groups excluding carboxylic acids is 1. The summed E-state index contributed by atoms with van der Waals surface area (Å²) in [5.41, 5.74) is 2.29. The molecule has 3 aromatic rings. The molecule has 0 amide bonds. The van der Waals surface area contributed by atoms with Gasteiger partial charge in [-0.3, -0.25) is 0 Å². The first-order valence-electron chi connectivity index (χ1n) is 9.72. The molecule has 0 N–H and O–H groups in total. The maximum Gasteiger partial charge on any atom is 0.366 e. The van der Waals surface area contributed by atoms with E-state index in [1.165, 1.54) is 18.0 Å². The van der Waals surface area contributed by atoms with Crippen molar-refractivity contribution in [2.24, 2.45) is 0 Å². The SMILES string of the molecule is COC(=O)C1(C)OCC(c2ccc(OCCn3ccc4ccccc43)cc2)CO1. The van der Waals surface area contributed by atoms with Crippen LogP contribution in [0.1, 0.15) is 18.4 Å². The normalized spacial score (nSPS) is 21.8. The van der Waals surface area contributed by atoms with Crippen LogP contribution in [0.2, 0.25) is 0 Å². The standard InChI is InChI=1S/C23H25NO5/c1-23(22(25)26-2)28-15-19(16-29-23)17-7-9-20(10-8-17)27-14-13-24-12-11-18-5-3-4-6-21(18)24/h3-12,19H,13-16H2,1-2H3. The highest BCUT2D eigenvalue weighted by Crippen LogP contribution is 2.29. The van der Waals surface area contributed by atoms with E-state index in [1.807, 2.05) is 36.4 Å². The molecule has 0 bridgehead atoms. The number of methoxy groups -OCH3 is 1. The van der Waals surface area contributed by atoms with E-state index >= 15 is 0 Å². The highest BCUT2D eigenvalue weighted by Gasteiger charge is 2.41. The lowest BCUT2D eigenvalue weighted by Gasteiger charge is -2.35. The van der Waals surface area contributed by atoms with Crippen molar-refractivity contribution in [3.63, 3.8) is 0 Å². The van der Waals surface area contributed by atoms with E-state index in [9.17, 15) is 4.79 Å². The quantitative estimate of drug-likeness (QED) is 0.595. The molecule has 29 heavy (non-hydrogen) atoms. The predicted octanol–water partition coefficient (Wildman–Crippen LogP) is 3.74. The molecule has 2 heterocycles. The summed E-state index contributed by atoms with van der Waals surface area (Å²) in [7, 11) is 1.32. The highest BCUT2D eigenvalue weighted by molar-refractivity contribution is 5.79. The van der Waals surface area contributed by atoms with Gasteiger partial charge in [-0.1, -0.05) is 30.3 Å². The zero-order valence-electron chi connectivity index (χ0n) is 16.7. The van der Waals surface area contributed by atoms with Crippen LogP contribution in [0.5, 0.6) is 5.75 Å². The Morgan fingerprint density at radius 3 is 2.55 bits per heavy atom. The maximum atomic E-state index is 11.7. The summed E-state index contributed by atoms with van der Waals surface area (Å²) in [6, 6.07) is 18.4. The predicted molar refractivity (Wildman–Crippen MR) is 109 cm³/mol. The molecule has 0 aliphatic carbocycles. The van der Waals surface area contributed by atoms with Gasteiger partial charge >= 0.3 is 5.97 Å². The van der Waals surface area contributed by atoms with Gasteiger partial charge in [-0.15, -0.1) is 0 Å². The summed E-state index contributed by atoms with van der Waals surface area (Å²) in [5, 5.41) is 1.23. The third kappa shape index (κ3) is 4.13. The fraction of sp³-hybridized carbons (Fsp3) is 0.348. The molecule has 6 nitrogen and oxygen atoms in total. The van der Waals surface area contributed by atoms with Crippen LogP contribution in [-0.4, -0.2) is 43.3 Å². The Kier molecular flexibility index (Phi) is 5.56. The monoisotopic (exact) mass is 395 g/mol. The van der Waals surface area contributed by atoms with Gasteiger partial charge in [-0.2, -0.15) is 0 Å². The minimum atomic E-state index is -1.32. The van der Waals surface area contributed by atoms with Crippen LogP contribution in [0, 0.1) is 0 Å². The molecular weight excluding hydrogens is 370 g/mol. The Hall–Kier alpha value is -2.83. The first-order valence-corrected chi connectivity index (χ1v) is 9.72. The molecule has 6 heteroatoms. The van der Waals surface area contributed by atoms with Gasteiger partial charge in [0.1, 0.15) is 12.4 Å². The van der Waals surface area contributed by atoms with E-state index in [0.717, 1.165) is 17.9 Å². The van der Waals surface area contributed by atoms with Crippen molar-refractivity contribution in [2.45, 2.75) is 25.2 Å². The van der Waals surface area contributed by atoms with Crippen molar-refractivity contribution < 1.29 is 23.7 Å². The second-order valence-electron chi connectivity index (χ2n) is 7.24. The summed E-state index contributed by atoms with van der Waals surface area (Å²) in [6.45, 7) is 3.75. The average molecular weight is 395 g/mol. The number of hydrogen-bond donors (Lipinski definition) is 0. The van der Waals surface area contributed by atoms with E-state index in [2.05, 4.69) is 29.0 Å². The Morgan fingerprint density at radius 2 is 1.83 bits per heavy atom. The number of para-hydroxylation sites is 1. The fourth-order valence-corrected chi connectivity index (χ4v) is 3.54. The Morgan fingerprint density at radius 1 is 1.10 bits per heavy atom. The second-order valence-corrected chi connectivity index (χ2v) is 7.24. The molecule has 1 aromatic heterocycles. The number of aromatic nitrogens is 1. The Labute approximate surface area is 169 Å². The van der Waals surface area contributed by atoms with E-state index in [4.69, 9.17) is 18.9 Å². The maximum absolute atomic E-state index is 11.7. The first kappa shape index (κ1) is 19.5. The van der Waals surface area contributed by atoms with Crippen LogP contribution in [0.3, 0.4) is 0 Å². The zero-order valence-corrected chi connectivity index (χ0v) is 16.7. The lowest BCUT2D eigenvalue weighted by molar-refractivity contribution is -0.264. The Balaban J connectivity index is 1.30. The fourth-order valence-electron chi connectivity index (χ4n) is 3.54. The Bertz CT molecular complexity index is 970. The molecule has 1 aliphatic rings. The van der Waals surface area contributed by atoms with Crippen molar-refractivity contribution in [1.82, 2.24) is 4.57 Å². The van der Waals surface area contributed by atoms with Gasteiger partial charge in [0.05, 0.1) is 26.9 Å². The minimum Gasteiger partial charge on any atom is -0.492 e. The summed E-state index contributed by atoms with van der Waals surface area (Å²) >= 11 is 0. The molecule has 0 saturated carbocycles. The molecular formula is C23H25NO5. The molecule has 0 spiro atoms. The minimum absolute atomic E-state index is 0.0630. The first-order chi connectivity index (χ1) is 14.1. The number of esters is 1. The van der Waals surface area contributed by atoms with Crippen LogP contribution in [-0.2, 0) is 25.5 Å². The molecule has 0 radical (unpaired) electrons. The van der Waals surface area contributed by atoms with Crippen molar-refractivity contribution in [2.75, 3.05) is 26.9 Å². The number of benzene rings is 2. The van der Waals surface area contributed by atoms with Crippen LogP contribution in [0.15, 0.2) is 60.8 Å². The number of carbonyl (C=O) groups is 1. The van der Waals surface area contributed by atoms with Crippen molar-refractivity contribution >= 4 is 16.9 Å². The third-order valence-corrected chi connectivity index (χ3v) is 5.31. The third-order valence-electron chi connectivity index (χ3n) is 5.31. The molecule has 0 atom stereocenters. The van der Waals surface area contributed by atoms with E-state index in [-0.39, 0.29) is 5.92 Å². The van der Waals surface area contributed by atoms with Gasteiger partial charge in [0.25, 0.3) is 5.79 Å².